The normalized spacial score (nSPS) is 24.0. The lowest BCUT2D eigenvalue weighted by molar-refractivity contribution is -0.145. The molecule has 1 unspecified atom stereocenters. The number of nitrogens with zero attached hydrogens (tertiary/aromatic N) is 1. The first-order valence-electron chi connectivity index (χ1n) is 11.6. The number of carbonyl (C=O) groups excluding carboxylic acids is 1. The molecule has 2 aliphatic rings. The molecule has 2 aromatic rings. The molecular weight excluding hydrogens is 430 g/mol. The minimum atomic E-state index is -1.38. The minimum Gasteiger partial charge on any atom is -0.481 e. The fraction of sp³-hybridized carbons (Fsp3) is 0.393. The SMILES string of the molecule is CC1(C)[C@H](C=CC(=O)OCC2CCC2)[C@@]1(C(=O)O)C(C#N)c1cccc(Oc2ccccc2)c1. The van der Waals surface area contributed by atoms with Crippen LogP contribution in [0, 0.1) is 34.0 Å². The van der Waals surface area contributed by atoms with Crippen molar-refractivity contribution < 1.29 is 24.2 Å². The van der Waals surface area contributed by atoms with Crippen LogP contribution in [-0.2, 0) is 14.3 Å². The highest BCUT2D eigenvalue weighted by atomic mass is 16.5. The summed E-state index contributed by atoms with van der Waals surface area (Å²) in [6.07, 6.45) is 6.24. The van der Waals surface area contributed by atoms with E-state index in [9.17, 15) is 20.0 Å². The molecule has 0 saturated heterocycles. The zero-order valence-corrected chi connectivity index (χ0v) is 19.4. The van der Waals surface area contributed by atoms with Crippen molar-refractivity contribution in [2.75, 3.05) is 6.61 Å². The van der Waals surface area contributed by atoms with E-state index in [1.54, 1.807) is 30.3 Å². The monoisotopic (exact) mass is 459 g/mol. The number of ether oxygens (including phenoxy) is 2. The van der Waals surface area contributed by atoms with Gasteiger partial charge >= 0.3 is 11.9 Å². The molecule has 0 aliphatic heterocycles. The number of carbonyl (C=O) groups is 2. The van der Waals surface area contributed by atoms with Gasteiger partial charge in [0.2, 0.25) is 0 Å². The fourth-order valence-corrected chi connectivity index (χ4v) is 5.22. The van der Waals surface area contributed by atoms with Crippen molar-refractivity contribution in [3.8, 4) is 17.6 Å². The largest absolute Gasteiger partial charge is 0.481 e. The Kier molecular flexibility index (Phi) is 6.47. The van der Waals surface area contributed by atoms with Crippen LogP contribution >= 0.6 is 0 Å². The summed E-state index contributed by atoms with van der Waals surface area (Å²) in [5.41, 5.74) is -1.55. The quantitative estimate of drug-likeness (QED) is 0.381. The Morgan fingerprint density at radius 1 is 1.15 bits per heavy atom. The van der Waals surface area contributed by atoms with Gasteiger partial charge < -0.3 is 14.6 Å². The van der Waals surface area contributed by atoms with E-state index in [0.717, 1.165) is 12.8 Å². The Hall–Kier alpha value is -3.59. The Labute approximate surface area is 199 Å². The summed E-state index contributed by atoms with van der Waals surface area (Å²) in [7, 11) is 0. The molecule has 176 valence electrons. The Morgan fingerprint density at radius 3 is 2.47 bits per heavy atom. The van der Waals surface area contributed by atoms with Gasteiger partial charge in [-0.05, 0) is 54.0 Å². The van der Waals surface area contributed by atoms with Crippen LogP contribution in [0.5, 0.6) is 11.5 Å². The van der Waals surface area contributed by atoms with Crippen LogP contribution in [0.3, 0.4) is 0 Å². The summed E-state index contributed by atoms with van der Waals surface area (Å²) in [5, 5.41) is 20.4. The Morgan fingerprint density at radius 2 is 1.85 bits per heavy atom. The number of esters is 1. The van der Waals surface area contributed by atoms with E-state index < -0.39 is 34.6 Å². The number of carboxylic acid groups (broad SMARTS) is 1. The number of hydrogen-bond acceptors (Lipinski definition) is 5. The number of nitriles is 1. The summed E-state index contributed by atoms with van der Waals surface area (Å²) in [5.74, 6) is -1.36. The number of rotatable bonds is 9. The smallest absolute Gasteiger partial charge is 0.330 e. The third-order valence-electron chi connectivity index (χ3n) is 7.47. The third kappa shape index (κ3) is 4.19. The maximum atomic E-state index is 12.6. The van der Waals surface area contributed by atoms with E-state index in [1.165, 1.54) is 12.5 Å². The van der Waals surface area contributed by atoms with Gasteiger partial charge in [-0.1, -0.05) is 56.7 Å². The van der Waals surface area contributed by atoms with Gasteiger partial charge in [-0.3, -0.25) is 4.79 Å². The molecule has 2 saturated carbocycles. The molecule has 0 heterocycles. The molecule has 34 heavy (non-hydrogen) atoms. The number of carboxylic acids is 1. The second kappa shape index (κ2) is 9.34. The number of para-hydroxylation sites is 1. The first kappa shape index (κ1) is 23.6. The zero-order valence-electron chi connectivity index (χ0n) is 19.4. The van der Waals surface area contributed by atoms with E-state index in [-0.39, 0.29) is 0 Å². The molecule has 6 heteroatoms. The third-order valence-corrected chi connectivity index (χ3v) is 7.47. The van der Waals surface area contributed by atoms with Crippen molar-refractivity contribution in [1.82, 2.24) is 0 Å². The van der Waals surface area contributed by atoms with E-state index >= 15 is 0 Å². The highest BCUT2D eigenvalue weighted by molar-refractivity contribution is 5.86. The Balaban J connectivity index is 1.56. The topological polar surface area (TPSA) is 96.6 Å². The van der Waals surface area contributed by atoms with Gasteiger partial charge in [-0.25, -0.2) is 4.79 Å². The number of hydrogen-bond donors (Lipinski definition) is 1. The van der Waals surface area contributed by atoms with Gasteiger partial charge in [0.05, 0.1) is 18.6 Å². The second-order valence-electron chi connectivity index (χ2n) is 9.71. The van der Waals surface area contributed by atoms with E-state index in [2.05, 4.69) is 6.07 Å². The van der Waals surface area contributed by atoms with Gasteiger partial charge in [-0.2, -0.15) is 5.26 Å². The first-order chi connectivity index (χ1) is 16.3. The molecule has 1 N–H and O–H groups in total. The molecule has 4 rings (SSSR count). The highest BCUT2D eigenvalue weighted by Crippen LogP contribution is 2.75. The van der Waals surface area contributed by atoms with E-state index in [4.69, 9.17) is 9.47 Å². The van der Waals surface area contributed by atoms with Crippen LogP contribution in [0.4, 0.5) is 0 Å². The molecule has 0 bridgehead atoms. The number of benzene rings is 2. The summed E-state index contributed by atoms with van der Waals surface area (Å²) >= 11 is 0. The molecule has 0 amide bonds. The van der Waals surface area contributed by atoms with Crippen molar-refractivity contribution in [3.05, 3.63) is 72.3 Å². The van der Waals surface area contributed by atoms with E-state index in [1.807, 2.05) is 44.2 Å². The molecule has 3 atom stereocenters. The molecule has 2 aliphatic carbocycles. The predicted octanol–water partition coefficient (Wildman–Crippen LogP) is 5.71. The van der Waals surface area contributed by atoms with Gasteiger partial charge in [0.1, 0.15) is 16.9 Å². The maximum absolute atomic E-state index is 12.6. The fourth-order valence-electron chi connectivity index (χ4n) is 5.22. The predicted molar refractivity (Wildman–Crippen MR) is 126 cm³/mol. The average molecular weight is 460 g/mol. The lowest BCUT2D eigenvalue weighted by atomic mass is 9.78. The van der Waals surface area contributed by atoms with Crippen molar-refractivity contribution in [3.63, 3.8) is 0 Å². The molecule has 2 aromatic carbocycles. The summed E-state index contributed by atoms with van der Waals surface area (Å²) in [4.78, 5) is 24.8. The van der Waals surface area contributed by atoms with Crippen molar-refractivity contribution >= 4 is 11.9 Å². The molecule has 2 fully saturated rings. The summed E-state index contributed by atoms with van der Waals surface area (Å²) < 4.78 is 11.2. The molecule has 0 radical (unpaired) electrons. The summed E-state index contributed by atoms with van der Waals surface area (Å²) in [6.45, 7) is 4.05. The standard InChI is InChI=1S/C28H29NO5/c1-27(2)24(14-15-25(30)33-18-19-8-6-9-19)28(27,26(31)32)23(17-29)20-10-7-13-22(16-20)34-21-11-4-3-5-12-21/h3-5,7,10-16,19,23-24H,6,8-9,18H2,1-2H3,(H,31,32)/t23?,24-,28+/m0/s1. The average Bonchev–Trinajstić information content (AvgIpc) is 3.28. The lowest BCUT2D eigenvalue weighted by Gasteiger charge is -2.24. The van der Waals surface area contributed by atoms with Crippen LogP contribution in [0.15, 0.2) is 66.7 Å². The van der Waals surface area contributed by atoms with Crippen molar-refractivity contribution in [2.24, 2.45) is 22.7 Å². The van der Waals surface area contributed by atoms with Crippen LogP contribution in [0.1, 0.15) is 44.6 Å². The lowest BCUT2D eigenvalue weighted by Crippen LogP contribution is -2.28. The van der Waals surface area contributed by atoms with Gasteiger partial charge in [0.15, 0.2) is 0 Å². The molecule has 0 spiro atoms. The summed E-state index contributed by atoms with van der Waals surface area (Å²) in [6, 6.07) is 18.5. The zero-order chi connectivity index (χ0) is 24.3. The van der Waals surface area contributed by atoms with Crippen LogP contribution in [0.25, 0.3) is 0 Å². The minimum absolute atomic E-state index is 0.399. The van der Waals surface area contributed by atoms with E-state index in [0.29, 0.717) is 29.6 Å². The van der Waals surface area contributed by atoms with Crippen molar-refractivity contribution in [2.45, 2.75) is 39.0 Å². The number of allylic oxidation sites excluding steroid dienone is 1. The molecule has 6 nitrogen and oxygen atoms in total. The van der Waals surface area contributed by atoms with Gasteiger partial charge in [-0.15, -0.1) is 0 Å². The van der Waals surface area contributed by atoms with Crippen LogP contribution in [-0.4, -0.2) is 23.7 Å². The van der Waals surface area contributed by atoms with Crippen LogP contribution in [0.2, 0.25) is 0 Å². The van der Waals surface area contributed by atoms with Gasteiger partial charge in [0, 0.05) is 12.0 Å². The maximum Gasteiger partial charge on any atom is 0.330 e. The van der Waals surface area contributed by atoms with Crippen LogP contribution < -0.4 is 4.74 Å². The van der Waals surface area contributed by atoms with Crippen molar-refractivity contribution in [1.29, 1.82) is 5.26 Å². The number of aliphatic carboxylic acids is 1. The second-order valence-corrected chi connectivity index (χ2v) is 9.71. The first-order valence-corrected chi connectivity index (χ1v) is 11.6. The highest BCUT2D eigenvalue weighted by Gasteiger charge is 2.78. The Bertz CT molecular complexity index is 1130. The van der Waals surface area contributed by atoms with Gasteiger partial charge in [0.25, 0.3) is 0 Å². The molecule has 0 aromatic heterocycles. The molecular formula is C28H29NO5.